The maximum absolute atomic E-state index is 11.6. The number of nitrogens with one attached hydrogen (secondary N) is 2. The second-order valence-corrected chi connectivity index (χ2v) is 4.71. The van der Waals surface area contributed by atoms with Crippen LogP contribution in [0.4, 0.5) is 10.5 Å². The van der Waals surface area contributed by atoms with Crippen molar-refractivity contribution in [1.29, 1.82) is 0 Å². The summed E-state index contributed by atoms with van der Waals surface area (Å²) in [6.07, 6.45) is 2.69. The molecular weight excluding hydrogens is 262 g/mol. The summed E-state index contributed by atoms with van der Waals surface area (Å²) in [5.41, 5.74) is -0.250. The third-order valence-electron chi connectivity index (χ3n) is 3.18. The quantitative estimate of drug-likeness (QED) is 0.732. The number of nitrogens with zero attached hydrogens (tertiary/aromatic N) is 1. The van der Waals surface area contributed by atoms with Gasteiger partial charge in [-0.25, -0.2) is 9.78 Å². The summed E-state index contributed by atoms with van der Waals surface area (Å²) in [6, 6.07) is 2.88. The van der Waals surface area contributed by atoms with Crippen molar-refractivity contribution in [2.75, 3.05) is 18.5 Å². The Labute approximate surface area is 116 Å². The van der Waals surface area contributed by atoms with E-state index in [1.165, 1.54) is 6.20 Å². The van der Waals surface area contributed by atoms with Crippen LogP contribution in [0.15, 0.2) is 18.3 Å². The zero-order valence-corrected chi connectivity index (χ0v) is 11.2. The number of carboxylic acids is 1. The number of pyridine rings is 1. The highest BCUT2D eigenvalue weighted by Crippen LogP contribution is 2.45. The molecule has 108 valence electrons. The van der Waals surface area contributed by atoms with Crippen LogP contribution in [0.3, 0.4) is 0 Å². The zero-order chi connectivity index (χ0) is 14.6. The summed E-state index contributed by atoms with van der Waals surface area (Å²) in [5, 5.41) is 14.1. The topological polar surface area (TPSA) is 101 Å². The molecule has 0 atom stereocenters. The fourth-order valence-corrected chi connectivity index (χ4v) is 1.73. The van der Waals surface area contributed by atoms with Crippen LogP contribution in [0.5, 0.6) is 5.88 Å². The Hall–Kier alpha value is -2.31. The van der Waals surface area contributed by atoms with Crippen LogP contribution in [-0.2, 0) is 4.79 Å². The van der Waals surface area contributed by atoms with E-state index in [0.29, 0.717) is 31.0 Å². The number of aromatic nitrogens is 1. The molecule has 7 heteroatoms. The van der Waals surface area contributed by atoms with Gasteiger partial charge in [-0.05, 0) is 25.8 Å². The highest BCUT2D eigenvalue weighted by Gasteiger charge is 2.50. The Morgan fingerprint density at radius 2 is 2.20 bits per heavy atom. The smallest absolute Gasteiger partial charge is 0.319 e. The maximum atomic E-state index is 11.6. The summed E-state index contributed by atoms with van der Waals surface area (Å²) in [7, 11) is 0. The minimum Gasteiger partial charge on any atom is -0.481 e. The van der Waals surface area contributed by atoms with Gasteiger partial charge in [0.25, 0.3) is 0 Å². The van der Waals surface area contributed by atoms with Crippen molar-refractivity contribution in [3.05, 3.63) is 18.3 Å². The molecule has 1 aliphatic rings. The highest BCUT2D eigenvalue weighted by atomic mass is 16.5. The monoisotopic (exact) mass is 279 g/mol. The molecule has 0 aliphatic heterocycles. The standard InChI is InChI=1S/C13H17N3O4/c1-2-20-10-4-3-9(7-14-10)16-12(19)15-8-13(5-6-13)11(17)18/h3-4,7H,2,5-6,8H2,1H3,(H,17,18)(H2,15,16,19). The van der Waals surface area contributed by atoms with E-state index < -0.39 is 17.4 Å². The molecule has 0 spiro atoms. The van der Waals surface area contributed by atoms with Crippen molar-refractivity contribution in [2.45, 2.75) is 19.8 Å². The minimum absolute atomic E-state index is 0.138. The molecule has 2 amide bonds. The van der Waals surface area contributed by atoms with Crippen LogP contribution in [0.1, 0.15) is 19.8 Å². The van der Waals surface area contributed by atoms with Crippen LogP contribution < -0.4 is 15.4 Å². The third-order valence-corrected chi connectivity index (χ3v) is 3.18. The first-order chi connectivity index (χ1) is 9.55. The lowest BCUT2D eigenvalue weighted by Gasteiger charge is -2.12. The molecule has 0 bridgehead atoms. The third kappa shape index (κ3) is 3.37. The molecule has 20 heavy (non-hydrogen) atoms. The average molecular weight is 279 g/mol. The Bertz CT molecular complexity index is 497. The lowest BCUT2D eigenvalue weighted by molar-refractivity contribution is -0.143. The van der Waals surface area contributed by atoms with Crippen LogP contribution in [-0.4, -0.2) is 35.2 Å². The van der Waals surface area contributed by atoms with E-state index in [-0.39, 0.29) is 6.54 Å². The Kier molecular flexibility index (Phi) is 4.07. The summed E-state index contributed by atoms with van der Waals surface area (Å²) in [4.78, 5) is 26.6. The molecule has 2 rings (SSSR count). The number of rotatable bonds is 6. The van der Waals surface area contributed by atoms with Gasteiger partial charge in [0.1, 0.15) is 0 Å². The first kappa shape index (κ1) is 14.1. The Morgan fingerprint density at radius 3 is 2.70 bits per heavy atom. The van der Waals surface area contributed by atoms with E-state index in [4.69, 9.17) is 9.84 Å². The van der Waals surface area contributed by atoms with Gasteiger partial charge in [-0.1, -0.05) is 0 Å². The molecule has 1 aliphatic carbocycles. The van der Waals surface area contributed by atoms with Gasteiger partial charge in [0.05, 0.1) is 23.9 Å². The summed E-state index contributed by atoms with van der Waals surface area (Å²) < 4.78 is 5.19. The molecule has 0 unspecified atom stereocenters. The molecular formula is C13H17N3O4. The first-order valence-corrected chi connectivity index (χ1v) is 6.43. The second kappa shape index (κ2) is 5.77. The molecule has 1 heterocycles. The largest absolute Gasteiger partial charge is 0.481 e. The number of carboxylic acid groups (broad SMARTS) is 1. The summed E-state index contributed by atoms with van der Waals surface area (Å²) >= 11 is 0. The second-order valence-electron chi connectivity index (χ2n) is 4.71. The van der Waals surface area contributed by atoms with E-state index in [0.717, 1.165) is 0 Å². The van der Waals surface area contributed by atoms with Gasteiger partial charge in [0.2, 0.25) is 5.88 Å². The molecule has 1 aromatic heterocycles. The normalized spacial score (nSPS) is 15.2. The van der Waals surface area contributed by atoms with E-state index in [1.54, 1.807) is 12.1 Å². The lowest BCUT2D eigenvalue weighted by Crippen LogP contribution is -2.36. The fourth-order valence-electron chi connectivity index (χ4n) is 1.73. The average Bonchev–Trinajstić information content (AvgIpc) is 3.20. The number of urea groups is 1. The predicted molar refractivity (Wildman–Crippen MR) is 71.7 cm³/mol. The minimum atomic E-state index is -0.861. The van der Waals surface area contributed by atoms with E-state index in [2.05, 4.69) is 15.6 Å². The zero-order valence-electron chi connectivity index (χ0n) is 11.2. The first-order valence-electron chi connectivity index (χ1n) is 6.43. The van der Waals surface area contributed by atoms with Crippen molar-refractivity contribution in [3.63, 3.8) is 0 Å². The number of hydrogen-bond acceptors (Lipinski definition) is 4. The molecule has 0 aromatic carbocycles. The van der Waals surface area contributed by atoms with Crippen molar-refractivity contribution >= 4 is 17.7 Å². The molecule has 1 fully saturated rings. The number of carbonyl (C=O) groups excluding carboxylic acids is 1. The number of anilines is 1. The molecule has 0 saturated heterocycles. The van der Waals surface area contributed by atoms with Crippen LogP contribution in [0.25, 0.3) is 0 Å². The van der Waals surface area contributed by atoms with Crippen LogP contribution in [0.2, 0.25) is 0 Å². The van der Waals surface area contributed by atoms with Gasteiger partial charge >= 0.3 is 12.0 Å². The summed E-state index contributed by atoms with van der Waals surface area (Å²) in [5.74, 6) is -0.373. The molecule has 0 radical (unpaired) electrons. The summed E-state index contributed by atoms with van der Waals surface area (Å²) in [6.45, 7) is 2.52. The Balaban J connectivity index is 1.81. The van der Waals surface area contributed by atoms with Gasteiger partial charge in [-0.2, -0.15) is 0 Å². The number of hydrogen-bond donors (Lipinski definition) is 3. The maximum Gasteiger partial charge on any atom is 0.319 e. The van der Waals surface area contributed by atoms with Crippen LogP contribution in [0, 0.1) is 5.41 Å². The fraction of sp³-hybridized carbons (Fsp3) is 0.462. The van der Waals surface area contributed by atoms with Crippen LogP contribution >= 0.6 is 0 Å². The molecule has 1 aromatic rings. The van der Waals surface area contributed by atoms with Gasteiger partial charge in [-0.3, -0.25) is 4.79 Å². The van der Waals surface area contributed by atoms with E-state index >= 15 is 0 Å². The van der Waals surface area contributed by atoms with Crippen molar-refractivity contribution < 1.29 is 19.4 Å². The van der Waals surface area contributed by atoms with Crippen molar-refractivity contribution in [1.82, 2.24) is 10.3 Å². The Morgan fingerprint density at radius 1 is 1.45 bits per heavy atom. The number of ether oxygens (including phenoxy) is 1. The lowest BCUT2D eigenvalue weighted by atomic mass is 10.1. The van der Waals surface area contributed by atoms with E-state index in [1.807, 2.05) is 6.92 Å². The molecule has 7 nitrogen and oxygen atoms in total. The molecule has 3 N–H and O–H groups in total. The van der Waals surface area contributed by atoms with Gasteiger partial charge in [0.15, 0.2) is 0 Å². The van der Waals surface area contributed by atoms with Crippen molar-refractivity contribution in [3.8, 4) is 5.88 Å². The van der Waals surface area contributed by atoms with Gasteiger partial charge in [-0.15, -0.1) is 0 Å². The van der Waals surface area contributed by atoms with Gasteiger partial charge in [0, 0.05) is 12.6 Å². The molecule has 1 saturated carbocycles. The number of amides is 2. The number of carbonyl (C=O) groups is 2. The van der Waals surface area contributed by atoms with Crippen molar-refractivity contribution in [2.24, 2.45) is 5.41 Å². The highest BCUT2D eigenvalue weighted by molar-refractivity contribution is 5.89. The van der Waals surface area contributed by atoms with Gasteiger partial charge < -0.3 is 20.5 Å². The van der Waals surface area contributed by atoms with E-state index in [9.17, 15) is 9.59 Å². The number of aliphatic carboxylic acids is 1. The SMILES string of the molecule is CCOc1ccc(NC(=O)NCC2(C(=O)O)CC2)cn1. The predicted octanol–water partition coefficient (Wildman–Crippen LogP) is 1.47.